The van der Waals surface area contributed by atoms with Crippen molar-refractivity contribution in [1.29, 1.82) is 0 Å². The molecule has 38 heavy (non-hydrogen) atoms. The summed E-state index contributed by atoms with van der Waals surface area (Å²) in [5, 5.41) is 0. The third-order valence-corrected chi connectivity index (χ3v) is 11.1. The Labute approximate surface area is 224 Å². The molecule has 3 saturated carbocycles. The van der Waals surface area contributed by atoms with Gasteiger partial charge < -0.3 is 18.6 Å². The molecule has 0 aromatic carbocycles. The van der Waals surface area contributed by atoms with Crippen LogP contribution in [0.5, 0.6) is 0 Å². The van der Waals surface area contributed by atoms with E-state index in [0.717, 1.165) is 43.6 Å². The summed E-state index contributed by atoms with van der Waals surface area (Å²) in [6.07, 6.45) is 7.98. The molecule has 0 N–H and O–H groups in total. The molecule has 206 valence electrons. The van der Waals surface area contributed by atoms with E-state index in [9.17, 15) is 14.4 Å². The van der Waals surface area contributed by atoms with Crippen LogP contribution in [0.2, 0.25) is 0 Å². The van der Waals surface area contributed by atoms with Gasteiger partial charge in [-0.25, -0.2) is 0 Å². The van der Waals surface area contributed by atoms with Crippen LogP contribution >= 0.6 is 0 Å². The lowest BCUT2D eigenvalue weighted by atomic mass is 9.44. The summed E-state index contributed by atoms with van der Waals surface area (Å²) in [6, 6.07) is 4.09. The maximum Gasteiger partial charge on any atom is 0.306 e. The summed E-state index contributed by atoms with van der Waals surface area (Å²) >= 11 is 0. The quantitative estimate of drug-likeness (QED) is 0.281. The van der Waals surface area contributed by atoms with Crippen molar-refractivity contribution in [2.45, 2.75) is 110 Å². The van der Waals surface area contributed by atoms with Gasteiger partial charge in [0.1, 0.15) is 29.3 Å². The van der Waals surface area contributed by atoms with Crippen molar-refractivity contribution in [3.05, 3.63) is 35.3 Å². The molecule has 1 aliphatic heterocycles. The Balaban J connectivity index is 1.50. The maximum atomic E-state index is 12.5. The van der Waals surface area contributed by atoms with Gasteiger partial charge in [-0.2, -0.15) is 0 Å². The van der Waals surface area contributed by atoms with Gasteiger partial charge in [-0.1, -0.05) is 25.5 Å². The van der Waals surface area contributed by atoms with Gasteiger partial charge in [-0.3, -0.25) is 14.4 Å². The largest absolute Gasteiger partial charge is 0.466 e. The molecule has 1 spiro atoms. The van der Waals surface area contributed by atoms with Crippen molar-refractivity contribution in [2.24, 2.45) is 28.6 Å². The lowest BCUT2D eigenvalue weighted by molar-refractivity contribution is -0.198. The third kappa shape index (κ3) is 3.70. The van der Waals surface area contributed by atoms with Crippen LogP contribution in [0, 0.1) is 35.5 Å². The first-order valence-electron chi connectivity index (χ1n) is 14.3. The van der Waals surface area contributed by atoms with E-state index < -0.39 is 5.60 Å². The SMILES string of the molecule is CC(=O)OC1CC[C@@]2(C)C(=C[C@@H](c3ccc(C)o3)[C@@H]3C2[C@H](OC(C)=O)C[C@@]2(C)[C@H]3CCC23CCC(=O)O3)C1. The minimum Gasteiger partial charge on any atom is -0.466 e. The highest BCUT2D eigenvalue weighted by Gasteiger charge is 2.71. The standard InChI is InChI=1S/C31H40O7/c1-17-6-7-24(35-17)22-15-20-14-21(36-18(2)32)8-11-29(20,4)28-25(37-19(3)33)16-30(5)23(27(22)28)9-12-31(30)13-10-26(34)38-31/h6-7,15,21-23,25,27-28H,8-14,16H2,1-5H3/t21?,22-,23-,25+,27-,28?,29-,30-,31?/m0/s1. The normalized spacial score (nSPS) is 43.5. The second-order valence-corrected chi connectivity index (χ2v) is 13.0. The zero-order chi connectivity index (χ0) is 27.0. The molecule has 0 radical (unpaired) electrons. The highest BCUT2D eigenvalue weighted by molar-refractivity contribution is 5.72. The van der Waals surface area contributed by atoms with Crippen molar-refractivity contribution in [3.63, 3.8) is 0 Å². The third-order valence-electron chi connectivity index (χ3n) is 11.1. The van der Waals surface area contributed by atoms with Crippen LogP contribution < -0.4 is 0 Å². The van der Waals surface area contributed by atoms with E-state index >= 15 is 0 Å². The minimum atomic E-state index is -0.500. The van der Waals surface area contributed by atoms with Crippen molar-refractivity contribution in [3.8, 4) is 0 Å². The van der Waals surface area contributed by atoms with Crippen LogP contribution in [0.1, 0.15) is 96.5 Å². The number of aryl methyl sites for hydroxylation is 1. The Kier molecular flexibility index (Phi) is 5.90. The first kappa shape index (κ1) is 25.7. The molecule has 1 saturated heterocycles. The van der Waals surface area contributed by atoms with E-state index in [1.807, 2.05) is 13.0 Å². The highest BCUT2D eigenvalue weighted by atomic mass is 16.6. The predicted octanol–water partition coefficient (Wildman–Crippen LogP) is 5.79. The Hall–Kier alpha value is -2.57. The van der Waals surface area contributed by atoms with E-state index in [0.29, 0.717) is 25.2 Å². The number of hydrogen-bond donors (Lipinski definition) is 0. The summed E-state index contributed by atoms with van der Waals surface area (Å²) in [5.74, 6) is 1.71. The molecule has 6 rings (SSSR count). The van der Waals surface area contributed by atoms with Gasteiger partial charge in [-0.05, 0) is 74.8 Å². The average molecular weight is 525 g/mol. The highest BCUT2D eigenvalue weighted by Crippen LogP contribution is 2.71. The molecule has 5 aliphatic rings. The zero-order valence-corrected chi connectivity index (χ0v) is 23.2. The number of esters is 3. The van der Waals surface area contributed by atoms with Crippen LogP contribution in [0.25, 0.3) is 0 Å². The number of ether oxygens (including phenoxy) is 3. The average Bonchev–Trinajstić information content (AvgIpc) is 3.51. The molecule has 4 aliphatic carbocycles. The van der Waals surface area contributed by atoms with Gasteiger partial charge in [0.25, 0.3) is 0 Å². The van der Waals surface area contributed by atoms with Crippen LogP contribution in [0.3, 0.4) is 0 Å². The summed E-state index contributed by atoms with van der Waals surface area (Å²) in [4.78, 5) is 36.8. The Morgan fingerprint density at radius 2 is 1.79 bits per heavy atom. The molecule has 2 heterocycles. The van der Waals surface area contributed by atoms with Crippen LogP contribution in [-0.2, 0) is 28.6 Å². The summed E-state index contributed by atoms with van der Waals surface area (Å²) in [7, 11) is 0. The van der Waals surface area contributed by atoms with E-state index in [1.165, 1.54) is 19.4 Å². The fraction of sp³-hybridized carbons (Fsp3) is 0.710. The van der Waals surface area contributed by atoms with Gasteiger partial charge >= 0.3 is 17.9 Å². The van der Waals surface area contributed by atoms with Crippen molar-refractivity contribution in [1.82, 2.24) is 0 Å². The first-order valence-corrected chi connectivity index (χ1v) is 14.3. The lowest BCUT2D eigenvalue weighted by Crippen LogP contribution is -2.61. The topological polar surface area (TPSA) is 92.0 Å². The smallest absolute Gasteiger partial charge is 0.306 e. The number of carbonyl (C=O) groups excluding carboxylic acids is 3. The van der Waals surface area contributed by atoms with Gasteiger partial charge in [-0.15, -0.1) is 0 Å². The van der Waals surface area contributed by atoms with E-state index in [1.54, 1.807) is 0 Å². The molecule has 0 bridgehead atoms. The number of carbonyl (C=O) groups is 3. The van der Waals surface area contributed by atoms with Crippen LogP contribution in [0.15, 0.2) is 28.2 Å². The molecule has 7 heteroatoms. The molecule has 0 amide bonds. The Bertz CT molecular complexity index is 1200. The van der Waals surface area contributed by atoms with Crippen LogP contribution in [0.4, 0.5) is 0 Å². The number of fused-ring (bicyclic) bond motifs is 6. The number of rotatable bonds is 3. The zero-order valence-electron chi connectivity index (χ0n) is 23.2. The Morgan fingerprint density at radius 3 is 2.42 bits per heavy atom. The van der Waals surface area contributed by atoms with Gasteiger partial charge in [0, 0.05) is 43.9 Å². The molecule has 3 unspecified atom stereocenters. The van der Waals surface area contributed by atoms with E-state index in [4.69, 9.17) is 18.6 Å². The molecular weight excluding hydrogens is 484 g/mol. The molecule has 7 nitrogen and oxygen atoms in total. The fourth-order valence-corrected chi connectivity index (χ4v) is 9.58. The predicted molar refractivity (Wildman–Crippen MR) is 138 cm³/mol. The second-order valence-electron chi connectivity index (χ2n) is 13.0. The van der Waals surface area contributed by atoms with Crippen LogP contribution in [-0.4, -0.2) is 35.7 Å². The fourth-order valence-electron chi connectivity index (χ4n) is 9.58. The lowest BCUT2D eigenvalue weighted by Gasteiger charge is -2.62. The summed E-state index contributed by atoms with van der Waals surface area (Å²) in [5.41, 5.74) is 0.288. The van der Waals surface area contributed by atoms with E-state index in [2.05, 4.69) is 26.0 Å². The Morgan fingerprint density at radius 1 is 1.03 bits per heavy atom. The molecule has 9 atom stereocenters. The minimum absolute atomic E-state index is 0.00258. The van der Waals surface area contributed by atoms with Gasteiger partial charge in [0.15, 0.2) is 0 Å². The number of furan rings is 1. The summed E-state index contributed by atoms with van der Waals surface area (Å²) < 4.78 is 24.4. The summed E-state index contributed by atoms with van der Waals surface area (Å²) in [6.45, 7) is 9.53. The molecular formula is C31H40O7. The first-order chi connectivity index (χ1) is 18.0. The molecule has 4 fully saturated rings. The van der Waals surface area contributed by atoms with E-state index in [-0.39, 0.29) is 58.7 Å². The maximum absolute atomic E-state index is 12.5. The van der Waals surface area contributed by atoms with Gasteiger partial charge in [0.05, 0.1) is 0 Å². The van der Waals surface area contributed by atoms with Crippen molar-refractivity contribution in [2.75, 3.05) is 0 Å². The van der Waals surface area contributed by atoms with Crippen molar-refractivity contribution >= 4 is 17.9 Å². The molecule has 1 aromatic rings. The number of hydrogen-bond acceptors (Lipinski definition) is 7. The van der Waals surface area contributed by atoms with Crippen molar-refractivity contribution < 1.29 is 33.0 Å². The monoisotopic (exact) mass is 524 g/mol. The number of allylic oxidation sites excluding steroid dienone is 1. The second kappa shape index (κ2) is 8.72. The van der Waals surface area contributed by atoms with Gasteiger partial charge in [0.2, 0.25) is 0 Å². The molecule has 1 aromatic heterocycles.